The molecule has 1 aliphatic rings. The standard InChI is InChI=1S/C22H28N2O6S/c1-2-28-15-16-29-19-7-9-20(10-8-19)30-17-22(25)23-18-5-11-21(12-6-18)31(26,27)24-13-3-4-14-24/h5-12H,2-4,13-17H2,1H3,(H,23,25). The number of nitrogens with one attached hydrogen (secondary N) is 1. The molecule has 0 radical (unpaired) electrons. The summed E-state index contributed by atoms with van der Waals surface area (Å²) in [5.74, 6) is 0.895. The van der Waals surface area contributed by atoms with Crippen molar-refractivity contribution < 1.29 is 27.4 Å². The first kappa shape index (κ1) is 23.1. The molecule has 31 heavy (non-hydrogen) atoms. The van der Waals surface area contributed by atoms with E-state index in [1.807, 2.05) is 6.92 Å². The predicted octanol–water partition coefficient (Wildman–Crippen LogP) is 2.90. The molecule has 0 aromatic heterocycles. The van der Waals surface area contributed by atoms with Gasteiger partial charge in [-0.15, -0.1) is 0 Å². The van der Waals surface area contributed by atoms with Gasteiger partial charge in [0, 0.05) is 25.4 Å². The third-order valence-electron chi connectivity index (χ3n) is 4.74. The first-order valence-electron chi connectivity index (χ1n) is 10.3. The van der Waals surface area contributed by atoms with E-state index < -0.39 is 10.0 Å². The molecule has 1 N–H and O–H groups in total. The van der Waals surface area contributed by atoms with Crippen LogP contribution in [-0.4, -0.2) is 58.1 Å². The van der Waals surface area contributed by atoms with E-state index in [1.165, 1.54) is 16.4 Å². The molecule has 0 spiro atoms. The van der Waals surface area contributed by atoms with Crippen LogP contribution in [0.5, 0.6) is 11.5 Å². The van der Waals surface area contributed by atoms with Crippen LogP contribution in [0.25, 0.3) is 0 Å². The Labute approximate surface area is 183 Å². The summed E-state index contributed by atoms with van der Waals surface area (Å²) in [7, 11) is -3.46. The Morgan fingerprint density at radius 2 is 1.55 bits per heavy atom. The number of sulfonamides is 1. The van der Waals surface area contributed by atoms with E-state index in [1.54, 1.807) is 36.4 Å². The Bertz CT molecular complexity index is 939. The molecule has 0 unspecified atom stereocenters. The molecule has 8 nitrogen and oxygen atoms in total. The third-order valence-corrected chi connectivity index (χ3v) is 6.65. The summed E-state index contributed by atoms with van der Waals surface area (Å²) in [4.78, 5) is 12.4. The molecule has 2 aromatic carbocycles. The molecule has 1 saturated heterocycles. The van der Waals surface area contributed by atoms with E-state index in [9.17, 15) is 13.2 Å². The van der Waals surface area contributed by atoms with Crippen LogP contribution in [0.4, 0.5) is 5.69 Å². The third kappa shape index (κ3) is 6.68. The molecule has 168 valence electrons. The minimum absolute atomic E-state index is 0.168. The van der Waals surface area contributed by atoms with Crippen molar-refractivity contribution >= 4 is 21.6 Å². The summed E-state index contributed by atoms with van der Waals surface area (Å²) in [6.45, 7) is 4.52. The first-order chi connectivity index (χ1) is 15.0. The number of hydrogen-bond donors (Lipinski definition) is 1. The maximum absolute atomic E-state index is 12.5. The molecule has 2 aromatic rings. The summed E-state index contributed by atoms with van der Waals surface area (Å²) >= 11 is 0. The molecule has 0 bridgehead atoms. The molecular formula is C22H28N2O6S. The summed E-state index contributed by atoms with van der Waals surface area (Å²) in [6.07, 6.45) is 1.77. The molecule has 0 atom stereocenters. The van der Waals surface area contributed by atoms with Crippen LogP contribution in [0.15, 0.2) is 53.4 Å². The van der Waals surface area contributed by atoms with Crippen molar-refractivity contribution in [1.29, 1.82) is 0 Å². The number of hydrogen-bond acceptors (Lipinski definition) is 6. The van der Waals surface area contributed by atoms with E-state index in [2.05, 4.69) is 5.32 Å². The molecule has 3 rings (SSSR count). The van der Waals surface area contributed by atoms with Gasteiger partial charge in [-0.05, 0) is 68.3 Å². The quantitative estimate of drug-likeness (QED) is 0.531. The van der Waals surface area contributed by atoms with Gasteiger partial charge in [-0.1, -0.05) is 0 Å². The number of rotatable bonds is 11. The van der Waals surface area contributed by atoms with Gasteiger partial charge in [-0.25, -0.2) is 8.42 Å². The van der Waals surface area contributed by atoms with E-state index in [4.69, 9.17) is 14.2 Å². The van der Waals surface area contributed by atoms with Crippen molar-refractivity contribution in [3.05, 3.63) is 48.5 Å². The van der Waals surface area contributed by atoms with Gasteiger partial charge >= 0.3 is 0 Å². The lowest BCUT2D eigenvalue weighted by Gasteiger charge is -2.15. The first-order valence-corrected chi connectivity index (χ1v) is 11.8. The van der Waals surface area contributed by atoms with Gasteiger partial charge in [0.25, 0.3) is 5.91 Å². The average Bonchev–Trinajstić information content (AvgIpc) is 3.32. The highest BCUT2D eigenvalue weighted by Gasteiger charge is 2.26. The van der Waals surface area contributed by atoms with Crippen LogP contribution >= 0.6 is 0 Å². The maximum Gasteiger partial charge on any atom is 0.262 e. The molecule has 1 fully saturated rings. The zero-order valence-corrected chi connectivity index (χ0v) is 18.4. The number of nitrogens with zero attached hydrogens (tertiary/aromatic N) is 1. The van der Waals surface area contributed by atoms with Gasteiger partial charge in [0.15, 0.2) is 6.61 Å². The number of carbonyl (C=O) groups is 1. The summed E-state index contributed by atoms with van der Waals surface area (Å²) in [6, 6.07) is 13.1. The molecule has 1 amide bonds. The highest BCUT2D eigenvalue weighted by atomic mass is 32.2. The topological polar surface area (TPSA) is 94.2 Å². The fourth-order valence-corrected chi connectivity index (χ4v) is 4.65. The Kier molecular flexibility index (Phi) is 8.27. The summed E-state index contributed by atoms with van der Waals surface area (Å²) in [5.41, 5.74) is 0.506. The zero-order chi connectivity index (χ0) is 22.1. The van der Waals surface area contributed by atoms with E-state index in [0.717, 1.165) is 12.8 Å². The van der Waals surface area contributed by atoms with E-state index >= 15 is 0 Å². The Balaban J connectivity index is 1.45. The van der Waals surface area contributed by atoms with Crippen molar-refractivity contribution in [2.75, 3.05) is 44.8 Å². The zero-order valence-electron chi connectivity index (χ0n) is 17.6. The van der Waals surface area contributed by atoms with Crippen LogP contribution in [0.1, 0.15) is 19.8 Å². The molecule has 1 heterocycles. The van der Waals surface area contributed by atoms with Crippen molar-refractivity contribution in [3.8, 4) is 11.5 Å². The van der Waals surface area contributed by atoms with Crippen LogP contribution in [-0.2, 0) is 19.6 Å². The van der Waals surface area contributed by atoms with Crippen LogP contribution in [0.2, 0.25) is 0 Å². The monoisotopic (exact) mass is 448 g/mol. The number of anilines is 1. The molecule has 0 aliphatic carbocycles. The maximum atomic E-state index is 12.5. The van der Waals surface area contributed by atoms with Crippen molar-refractivity contribution in [1.82, 2.24) is 4.31 Å². The molecular weight excluding hydrogens is 420 g/mol. The number of carbonyl (C=O) groups excluding carboxylic acids is 1. The highest BCUT2D eigenvalue weighted by molar-refractivity contribution is 7.89. The van der Waals surface area contributed by atoms with E-state index in [-0.39, 0.29) is 17.4 Å². The Morgan fingerprint density at radius 3 is 2.16 bits per heavy atom. The largest absolute Gasteiger partial charge is 0.491 e. The van der Waals surface area contributed by atoms with Gasteiger partial charge in [-0.2, -0.15) is 4.31 Å². The van der Waals surface area contributed by atoms with Crippen LogP contribution in [0.3, 0.4) is 0 Å². The molecule has 9 heteroatoms. The SMILES string of the molecule is CCOCCOc1ccc(OCC(=O)Nc2ccc(S(=O)(=O)N3CCCC3)cc2)cc1. The minimum atomic E-state index is -3.46. The smallest absolute Gasteiger partial charge is 0.262 e. The lowest BCUT2D eigenvalue weighted by molar-refractivity contribution is -0.118. The van der Waals surface area contributed by atoms with Crippen LogP contribution < -0.4 is 14.8 Å². The highest BCUT2D eigenvalue weighted by Crippen LogP contribution is 2.22. The number of ether oxygens (including phenoxy) is 3. The lowest BCUT2D eigenvalue weighted by Crippen LogP contribution is -2.27. The fraction of sp³-hybridized carbons (Fsp3) is 0.409. The van der Waals surface area contributed by atoms with Crippen molar-refractivity contribution in [3.63, 3.8) is 0 Å². The summed E-state index contributed by atoms with van der Waals surface area (Å²) in [5, 5.41) is 2.70. The summed E-state index contributed by atoms with van der Waals surface area (Å²) < 4.78 is 42.8. The van der Waals surface area contributed by atoms with Gasteiger partial charge in [0.2, 0.25) is 10.0 Å². The average molecular weight is 449 g/mol. The predicted molar refractivity (Wildman–Crippen MR) is 117 cm³/mol. The second-order valence-corrected chi connectivity index (χ2v) is 8.93. The lowest BCUT2D eigenvalue weighted by atomic mass is 10.3. The van der Waals surface area contributed by atoms with Gasteiger partial charge < -0.3 is 19.5 Å². The van der Waals surface area contributed by atoms with Gasteiger partial charge in [0.05, 0.1) is 11.5 Å². The van der Waals surface area contributed by atoms with Crippen LogP contribution in [0, 0.1) is 0 Å². The van der Waals surface area contributed by atoms with Gasteiger partial charge in [0.1, 0.15) is 18.1 Å². The second kappa shape index (κ2) is 11.1. The van der Waals surface area contributed by atoms with Gasteiger partial charge in [-0.3, -0.25) is 4.79 Å². The molecule has 1 aliphatic heterocycles. The minimum Gasteiger partial charge on any atom is -0.491 e. The second-order valence-electron chi connectivity index (χ2n) is 6.99. The fourth-order valence-electron chi connectivity index (χ4n) is 3.13. The Hall–Kier alpha value is -2.62. The Morgan fingerprint density at radius 1 is 0.935 bits per heavy atom. The van der Waals surface area contributed by atoms with E-state index in [0.29, 0.717) is 50.1 Å². The van der Waals surface area contributed by atoms with Crippen molar-refractivity contribution in [2.45, 2.75) is 24.7 Å². The number of benzene rings is 2. The molecule has 0 saturated carbocycles. The normalized spacial score (nSPS) is 14.4. The van der Waals surface area contributed by atoms with Crippen molar-refractivity contribution in [2.24, 2.45) is 0 Å². The number of amides is 1.